The lowest BCUT2D eigenvalue weighted by Crippen LogP contribution is -2.32. The fourth-order valence-electron chi connectivity index (χ4n) is 4.34. The Bertz CT molecular complexity index is 1220. The lowest BCUT2D eigenvalue weighted by atomic mass is 10.0. The molecule has 1 aliphatic heterocycles. The summed E-state index contributed by atoms with van der Waals surface area (Å²) in [6.45, 7) is 0.981. The van der Waals surface area contributed by atoms with Crippen molar-refractivity contribution in [2.24, 2.45) is 0 Å². The predicted octanol–water partition coefficient (Wildman–Crippen LogP) is 3.50. The number of hydrogen-bond donors (Lipinski definition) is 2. The minimum absolute atomic E-state index is 0.182. The number of hydrogen-bond acceptors (Lipinski definition) is 2. The van der Waals surface area contributed by atoms with Gasteiger partial charge in [0.1, 0.15) is 0 Å². The summed E-state index contributed by atoms with van der Waals surface area (Å²) >= 11 is 0. The summed E-state index contributed by atoms with van der Waals surface area (Å²) < 4.78 is 2.24. The maximum Gasteiger partial charge on any atom is 0.231 e. The van der Waals surface area contributed by atoms with Crippen LogP contribution in [0.3, 0.4) is 0 Å². The first-order chi connectivity index (χ1) is 13.7. The lowest BCUT2D eigenvalue weighted by Gasteiger charge is -2.14. The summed E-state index contributed by atoms with van der Waals surface area (Å²) in [5, 5.41) is 4.69. The molecule has 0 saturated carbocycles. The van der Waals surface area contributed by atoms with Gasteiger partial charge in [-0.05, 0) is 35.6 Å². The zero-order valence-corrected chi connectivity index (χ0v) is 15.5. The molecule has 2 N–H and O–H groups in total. The van der Waals surface area contributed by atoms with Crippen molar-refractivity contribution in [3.8, 4) is 0 Å². The molecule has 2 aromatic heterocycles. The van der Waals surface area contributed by atoms with E-state index in [0.29, 0.717) is 0 Å². The molecule has 2 aromatic carbocycles. The number of aromatic nitrogens is 2. The Morgan fingerprint density at radius 2 is 1.75 bits per heavy atom. The maximum absolute atomic E-state index is 12.5. The standard InChI is InChI=1S/C23H21N3O2/c27-21(11-16-13-24-20-9-2-1-7-18(16)20)25-22(28)12-17-14-26-10-4-6-15-5-3-8-19(17)23(15)26/h1-3,5,7-9,13-14,24H,4,6,10-12H2,(H,25,27,28). The highest BCUT2D eigenvalue weighted by molar-refractivity contribution is 6.00. The van der Waals surface area contributed by atoms with Crippen LogP contribution in [0.1, 0.15) is 23.1 Å². The van der Waals surface area contributed by atoms with E-state index in [1.807, 2.05) is 30.5 Å². The number of carbonyl (C=O) groups is 2. The average Bonchev–Trinajstić information content (AvgIpc) is 3.25. The molecule has 5 nitrogen and oxygen atoms in total. The second-order valence-corrected chi connectivity index (χ2v) is 7.45. The van der Waals surface area contributed by atoms with Crippen LogP contribution >= 0.6 is 0 Å². The Hall–Kier alpha value is -3.34. The lowest BCUT2D eigenvalue weighted by molar-refractivity contribution is -0.129. The fourth-order valence-corrected chi connectivity index (χ4v) is 4.34. The molecule has 0 radical (unpaired) electrons. The zero-order chi connectivity index (χ0) is 19.1. The summed E-state index contributed by atoms with van der Waals surface area (Å²) in [6, 6.07) is 14.1. The van der Waals surface area contributed by atoms with Gasteiger partial charge in [0.05, 0.1) is 18.4 Å². The number of nitrogens with zero attached hydrogens (tertiary/aromatic N) is 1. The van der Waals surface area contributed by atoms with E-state index in [0.717, 1.165) is 46.8 Å². The van der Waals surface area contributed by atoms with Crippen LogP contribution in [0.4, 0.5) is 0 Å². The molecule has 28 heavy (non-hydrogen) atoms. The highest BCUT2D eigenvalue weighted by Gasteiger charge is 2.18. The Balaban J connectivity index is 1.31. The quantitative estimate of drug-likeness (QED) is 0.577. The second-order valence-electron chi connectivity index (χ2n) is 7.45. The number of fused-ring (bicyclic) bond motifs is 1. The van der Waals surface area contributed by atoms with Crippen LogP contribution in [0.2, 0.25) is 0 Å². The van der Waals surface area contributed by atoms with Crippen molar-refractivity contribution in [2.45, 2.75) is 32.2 Å². The van der Waals surface area contributed by atoms with Crippen molar-refractivity contribution in [1.82, 2.24) is 14.9 Å². The molecule has 140 valence electrons. The monoisotopic (exact) mass is 371 g/mol. The predicted molar refractivity (Wildman–Crippen MR) is 109 cm³/mol. The van der Waals surface area contributed by atoms with E-state index in [9.17, 15) is 9.59 Å². The molecular formula is C23H21N3O2. The molecule has 0 saturated heterocycles. The molecule has 0 bridgehead atoms. The minimum Gasteiger partial charge on any atom is -0.361 e. The molecule has 0 fully saturated rings. The number of benzene rings is 2. The van der Waals surface area contributed by atoms with Crippen LogP contribution in [0.25, 0.3) is 21.8 Å². The van der Waals surface area contributed by atoms with Crippen LogP contribution in [-0.2, 0) is 35.4 Å². The highest BCUT2D eigenvalue weighted by Crippen LogP contribution is 2.29. The van der Waals surface area contributed by atoms with Gasteiger partial charge in [0.2, 0.25) is 11.8 Å². The molecule has 0 aliphatic carbocycles. The van der Waals surface area contributed by atoms with Gasteiger partial charge in [0, 0.05) is 35.2 Å². The van der Waals surface area contributed by atoms with Gasteiger partial charge in [-0.15, -0.1) is 0 Å². The minimum atomic E-state index is -0.275. The normalized spacial score (nSPS) is 13.1. The van der Waals surface area contributed by atoms with Gasteiger partial charge >= 0.3 is 0 Å². The Morgan fingerprint density at radius 3 is 2.64 bits per heavy atom. The van der Waals surface area contributed by atoms with E-state index < -0.39 is 0 Å². The molecule has 5 heteroatoms. The van der Waals surface area contributed by atoms with Gasteiger partial charge in [-0.1, -0.05) is 36.4 Å². The van der Waals surface area contributed by atoms with Crippen molar-refractivity contribution in [3.05, 3.63) is 71.5 Å². The number of para-hydroxylation sites is 2. The van der Waals surface area contributed by atoms with Crippen LogP contribution in [0, 0.1) is 0 Å². The van der Waals surface area contributed by atoms with Gasteiger partial charge < -0.3 is 9.55 Å². The number of aryl methyl sites for hydroxylation is 2. The molecule has 0 atom stereocenters. The Labute approximate surface area is 162 Å². The van der Waals surface area contributed by atoms with Crippen LogP contribution in [-0.4, -0.2) is 21.4 Å². The van der Waals surface area contributed by atoms with E-state index in [2.05, 4.69) is 39.3 Å². The molecule has 4 aromatic rings. The molecule has 1 aliphatic rings. The SMILES string of the molecule is O=C(Cc1c[nH]c2ccccc12)NC(=O)Cc1cn2c3c(cccc13)CCC2. The van der Waals surface area contributed by atoms with Crippen molar-refractivity contribution in [3.63, 3.8) is 0 Å². The molecular weight excluding hydrogens is 350 g/mol. The summed E-state index contributed by atoms with van der Waals surface area (Å²) in [5.41, 5.74) is 5.45. The first kappa shape index (κ1) is 16.8. The molecule has 3 heterocycles. The first-order valence-electron chi connectivity index (χ1n) is 9.66. The largest absolute Gasteiger partial charge is 0.361 e. The van der Waals surface area contributed by atoms with Crippen molar-refractivity contribution < 1.29 is 9.59 Å². The average molecular weight is 371 g/mol. The molecule has 0 spiro atoms. The van der Waals surface area contributed by atoms with Crippen LogP contribution < -0.4 is 5.32 Å². The summed E-state index contributed by atoms with van der Waals surface area (Å²) in [6.07, 6.45) is 6.50. The zero-order valence-electron chi connectivity index (χ0n) is 15.5. The third-order valence-corrected chi connectivity index (χ3v) is 5.57. The second kappa shape index (κ2) is 6.68. The van der Waals surface area contributed by atoms with Crippen LogP contribution in [0.15, 0.2) is 54.9 Å². The maximum atomic E-state index is 12.5. The van der Waals surface area contributed by atoms with Gasteiger partial charge in [-0.3, -0.25) is 14.9 Å². The number of amides is 2. The topological polar surface area (TPSA) is 66.9 Å². The molecule has 2 amide bonds. The number of H-pyrrole nitrogens is 1. The number of nitrogens with one attached hydrogen (secondary N) is 2. The smallest absolute Gasteiger partial charge is 0.231 e. The highest BCUT2D eigenvalue weighted by atomic mass is 16.2. The van der Waals surface area contributed by atoms with Crippen molar-refractivity contribution >= 4 is 33.6 Å². The van der Waals surface area contributed by atoms with E-state index in [-0.39, 0.29) is 24.7 Å². The number of carbonyl (C=O) groups excluding carboxylic acids is 2. The van der Waals surface area contributed by atoms with Gasteiger partial charge in [0.15, 0.2) is 0 Å². The summed E-state index contributed by atoms with van der Waals surface area (Å²) in [7, 11) is 0. The Morgan fingerprint density at radius 1 is 0.964 bits per heavy atom. The molecule has 0 unspecified atom stereocenters. The first-order valence-corrected chi connectivity index (χ1v) is 9.66. The number of imide groups is 1. The number of rotatable bonds is 4. The van der Waals surface area contributed by atoms with E-state index in [1.165, 1.54) is 11.1 Å². The van der Waals surface area contributed by atoms with Crippen molar-refractivity contribution in [1.29, 1.82) is 0 Å². The fraction of sp³-hybridized carbons (Fsp3) is 0.217. The molecule has 5 rings (SSSR count). The van der Waals surface area contributed by atoms with Gasteiger partial charge in [-0.25, -0.2) is 0 Å². The third-order valence-electron chi connectivity index (χ3n) is 5.57. The van der Waals surface area contributed by atoms with Crippen molar-refractivity contribution in [2.75, 3.05) is 0 Å². The van der Waals surface area contributed by atoms with E-state index in [4.69, 9.17) is 0 Å². The van der Waals surface area contributed by atoms with E-state index >= 15 is 0 Å². The van der Waals surface area contributed by atoms with E-state index in [1.54, 1.807) is 0 Å². The van der Waals surface area contributed by atoms with Gasteiger partial charge in [-0.2, -0.15) is 0 Å². The number of aromatic amines is 1. The Kier molecular flexibility index (Phi) is 4.01. The van der Waals surface area contributed by atoms with Crippen LogP contribution in [0.5, 0.6) is 0 Å². The summed E-state index contributed by atoms with van der Waals surface area (Å²) in [4.78, 5) is 28.1. The summed E-state index contributed by atoms with van der Waals surface area (Å²) in [5.74, 6) is -0.531. The third kappa shape index (κ3) is 2.89. The van der Waals surface area contributed by atoms with Gasteiger partial charge in [0.25, 0.3) is 0 Å².